The highest BCUT2D eigenvalue weighted by atomic mass is 16.2. The van der Waals surface area contributed by atoms with Gasteiger partial charge in [-0.3, -0.25) is 9.36 Å². The monoisotopic (exact) mass is 272 g/mol. The SMILES string of the molecule is CC(CC#N)N(C)C(=O)c1ccc2c(c1)[nH]c(=O)n2C. The Balaban J connectivity index is 2.36. The van der Waals surface area contributed by atoms with Crippen molar-refractivity contribution in [1.29, 1.82) is 5.26 Å². The van der Waals surface area contributed by atoms with Crippen LogP contribution >= 0.6 is 0 Å². The number of carbonyl (C=O) groups excluding carboxylic acids is 1. The molecule has 1 aromatic heterocycles. The Kier molecular flexibility index (Phi) is 3.61. The number of aromatic nitrogens is 2. The lowest BCUT2D eigenvalue weighted by Gasteiger charge is -2.22. The van der Waals surface area contributed by atoms with Crippen molar-refractivity contribution < 1.29 is 4.79 Å². The van der Waals surface area contributed by atoms with Gasteiger partial charge < -0.3 is 9.88 Å². The van der Waals surface area contributed by atoms with Gasteiger partial charge >= 0.3 is 5.69 Å². The Labute approximate surface area is 116 Å². The summed E-state index contributed by atoms with van der Waals surface area (Å²) in [6.45, 7) is 1.82. The van der Waals surface area contributed by atoms with E-state index in [0.29, 0.717) is 11.1 Å². The number of H-pyrrole nitrogens is 1. The molecule has 6 nitrogen and oxygen atoms in total. The third-order valence-electron chi connectivity index (χ3n) is 3.52. The number of aromatic amines is 1. The summed E-state index contributed by atoms with van der Waals surface area (Å²) in [5, 5.41) is 8.68. The first-order chi connectivity index (χ1) is 9.45. The predicted octanol–water partition coefficient (Wildman–Crippen LogP) is 1.24. The Morgan fingerprint density at radius 2 is 2.25 bits per heavy atom. The van der Waals surface area contributed by atoms with Gasteiger partial charge in [0.15, 0.2) is 0 Å². The third-order valence-corrected chi connectivity index (χ3v) is 3.52. The summed E-state index contributed by atoms with van der Waals surface area (Å²) in [4.78, 5) is 28.1. The zero-order valence-corrected chi connectivity index (χ0v) is 11.7. The number of nitriles is 1. The fraction of sp³-hybridized carbons (Fsp3) is 0.357. The summed E-state index contributed by atoms with van der Waals surface area (Å²) in [5.74, 6) is -0.167. The van der Waals surface area contributed by atoms with Crippen molar-refractivity contribution in [1.82, 2.24) is 14.5 Å². The summed E-state index contributed by atoms with van der Waals surface area (Å²) >= 11 is 0. The van der Waals surface area contributed by atoms with Crippen LogP contribution in [0, 0.1) is 11.3 Å². The summed E-state index contributed by atoms with van der Waals surface area (Å²) in [6, 6.07) is 6.98. The average molecular weight is 272 g/mol. The first kappa shape index (κ1) is 13.9. The molecule has 0 radical (unpaired) electrons. The van der Waals surface area contributed by atoms with E-state index in [9.17, 15) is 9.59 Å². The second kappa shape index (κ2) is 5.21. The molecule has 0 aliphatic heterocycles. The number of fused-ring (bicyclic) bond motifs is 1. The summed E-state index contributed by atoms with van der Waals surface area (Å²) in [5.41, 5.74) is 1.66. The highest BCUT2D eigenvalue weighted by Crippen LogP contribution is 2.15. The molecule has 1 aromatic carbocycles. The molecule has 6 heteroatoms. The smallest absolute Gasteiger partial charge is 0.326 e. The number of hydrogen-bond donors (Lipinski definition) is 1. The van der Waals surface area contributed by atoms with Crippen LogP contribution in [0.3, 0.4) is 0 Å². The van der Waals surface area contributed by atoms with Gasteiger partial charge in [-0.2, -0.15) is 5.26 Å². The Hall–Kier alpha value is -2.55. The largest absolute Gasteiger partial charge is 0.338 e. The highest BCUT2D eigenvalue weighted by molar-refractivity contribution is 5.97. The third kappa shape index (κ3) is 2.30. The van der Waals surface area contributed by atoms with Crippen molar-refractivity contribution in [3.8, 4) is 6.07 Å². The minimum atomic E-state index is -0.212. The molecule has 1 amide bonds. The number of carbonyl (C=O) groups is 1. The maximum atomic E-state index is 12.3. The Bertz CT molecular complexity index is 751. The maximum Gasteiger partial charge on any atom is 0.326 e. The molecule has 1 atom stereocenters. The number of amides is 1. The van der Waals surface area contributed by atoms with Crippen LogP contribution in [-0.4, -0.2) is 33.4 Å². The van der Waals surface area contributed by atoms with Crippen LogP contribution in [0.2, 0.25) is 0 Å². The van der Waals surface area contributed by atoms with Crippen molar-refractivity contribution in [3.63, 3.8) is 0 Å². The first-order valence-corrected chi connectivity index (χ1v) is 6.28. The van der Waals surface area contributed by atoms with Crippen LogP contribution < -0.4 is 5.69 Å². The van der Waals surface area contributed by atoms with E-state index < -0.39 is 0 Å². The lowest BCUT2D eigenvalue weighted by molar-refractivity contribution is 0.0746. The molecule has 0 fully saturated rings. The molecule has 0 aliphatic carbocycles. The molecule has 2 rings (SSSR count). The van der Waals surface area contributed by atoms with Gasteiger partial charge in [-0.05, 0) is 25.1 Å². The van der Waals surface area contributed by atoms with E-state index in [1.54, 1.807) is 32.3 Å². The normalized spacial score (nSPS) is 12.1. The molecule has 0 saturated heterocycles. The lowest BCUT2D eigenvalue weighted by atomic mass is 10.1. The van der Waals surface area contributed by atoms with Crippen molar-refractivity contribution in [2.45, 2.75) is 19.4 Å². The highest BCUT2D eigenvalue weighted by Gasteiger charge is 2.18. The van der Waals surface area contributed by atoms with Crippen molar-refractivity contribution >= 4 is 16.9 Å². The van der Waals surface area contributed by atoms with E-state index >= 15 is 0 Å². The van der Waals surface area contributed by atoms with E-state index in [2.05, 4.69) is 11.1 Å². The molecule has 0 aliphatic rings. The minimum absolute atomic E-state index is 0.155. The second-order valence-electron chi connectivity index (χ2n) is 4.85. The zero-order valence-electron chi connectivity index (χ0n) is 11.7. The maximum absolute atomic E-state index is 12.3. The molecule has 20 heavy (non-hydrogen) atoms. The van der Waals surface area contributed by atoms with Gasteiger partial charge in [0.1, 0.15) is 0 Å². The fourth-order valence-electron chi connectivity index (χ4n) is 2.04. The van der Waals surface area contributed by atoms with Crippen LogP contribution in [0.5, 0.6) is 0 Å². The molecule has 1 heterocycles. The number of rotatable bonds is 3. The van der Waals surface area contributed by atoms with E-state index in [1.807, 2.05) is 6.92 Å². The fourth-order valence-corrected chi connectivity index (χ4v) is 2.04. The van der Waals surface area contributed by atoms with Gasteiger partial charge in [0.25, 0.3) is 5.91 Å². The molecule has 0 spiro atoms. The predicted molar refractivity (Wildman–Crippen MR) is 75.3 cm³/mol. The summed E-state index contributed by atoms with van der Waals surface area (Å²) in [7, 11) is 3.34. The average Bonchev–Trinajstić information content (AvgIpc) is 2.72. The standard InChI is InChI=1S/C14H16N4O2/c1-9(6-7-15)17(2)13(19)10-4-5-12-11(8-10)16-14(20)18(12)3/h4-5,8-9H,6H2,1-3H3,(H,16,20). The van der Waals surface area contributed by atoms with Gasteiger partial charge in [-0.25, -0.2) is 4.79 Å². The Morgan fingerprint density at radius 3 is 2.90 bits per heavy atom. The van der Waals surface area contributed by atoms with E-state index in [-0.39, 0.29) is 24.1 Å². The molecule has 1 unspecified atom stereocenters. The summed E-state index contributed by atoms with van der Waals surface area (Å²) in [6.07, 6.45) is 0.284. The number of nitrogens with one attached hydrogen (secondary N) is 1. The van der Waals surface area contributed by atoms with Crippen LogP contribution in [0.1, 0.15) is 23.7 Å². The molecule has 2 aromatic rings. The number of nitrogens with zero attached hydrogens (tertiary/aromatic N) is 3. The van der Waals surface area contributed by atoms with Crippen LogP contribution in [0.4, 0.5) is 0 Å². The number of benzene rings is 1. The van der Waals surface area contributed by atoms with Gasteiger partial charge in [0.05, 0.1) is 23.5 Å². The number of hydrogen-bond acceptors (Lipinski definition) is 3. The van der Waals surface area contributed by atoms with Gasteiger partial charge in [0.2, 0.25) is 0 Å². The van der Waals surface area contributed by atoms with Crippen LogP contribution in [0.25, 0.3) is 11.0 Å². The minimum Gasteiger partial charge on any atom is -0.338 e. The Morgan fingerprint density at radius 1 is 1.55 bits per heavy atom. The van der Waals surface area contributed by atoms with Crippen molar-refractivity contribution in [2.75, 3.05) is 7.05 Å². The second-order valence-corrected chi connectivity index (χ2v) is 4.85. The van der Waals surface area contributed by atoms with E-state index in [4.69, 9.17) is 5.26 Å². The van der Waals surface area contributed by atoms with E-state index in [0.717, 1.165) is 5.52 Å². The molecule has 104 valence electrons. The number of aryl methyl sites for hydroxylation is 1. The molecular weight excluding hydrogens is 256 g/mol. The first-order valence-electron chi connectivity index (χ1n) is 6.28. The van der Waals surface area contributed by atoms with Gasteiger partial charge in [-0.1, -0.05) is 0 Å². The van der Waals surface area contributed by atoms with Gasteiger partial charge in [0, 0.05) is 25.7 Å². The van der Waals surface area contributed by atoms with Crippen LogP contribution in [-0.2, 0) is 7.05 Å². The zero-order chi connectivity index (χ0) is 14.9. The van der Waals surface area contributed by atoms with Gasteiger partial charge in [-0.15, -0.1) is 0 Å². The molecule has 0 saturated carbocycles. The summed E-state index contributed by atoms with van der Waals surface area (Å²) < 4.78 is 1.49. The quantitative estimate of drug-likeness (QED) is 0.912. The van der Waals surface area contributed by atoms with E-state index in [1.165, 1.54) is 9.47 Å². The number of imidazole rings is 1. The molecule has 0 bridgehead atoms. The van der Waals surface area contributed by atoms with Crippen molar-refractivity contribution in [3.05, 3.63) is 34.2 Å². The van der Waals surface area contributed by atoms with Crippen molar-refractivity contribution in [2.24, 2.45) is 7.05 Å². The molecular formula is C14H16N4O2. The molecule has 1 N–H and O–H groups in total. The lowest BCUT2D eigenvalue weighted by Crippen LogP contribution is -2.34. The topological polar surface area (TPSA) is 81.9 Å². The van der Waals surface area contributed by atoms with Crippen LogP contribution in [0.15, 0.2) is 23.0 Å².